The zero-order chi connectivity index (χ0) is 11.3. The van der Waals surface area contributed by atoms with Gasteiger partial charge in [-0.15, -0.1) is 0 Å². The lowest BCUT2D eigenvalue weighted by atomic mass is 10.1. The molecular weight excluding hydrogens is 256 g/mol. The molecule has 0 heterocycles. The van der Waals surface area contributed by atoms with Crippen molar-refractivity contribution in [2.45, 2.75) is 20.3 Å². The molecule has 0 aliphatic rings. The Morgan fingerprint density at radius 2 is 2.00 bits per heavy atom. The van der Waals surface area contributed by atoms with Gasteiger partial charge >= 0.3 is 0 Å². The third-order valence-electron chi connectivity index (χ3n) is 2.33. The van der Waals surface area contributed by atoms with Gasteiger partial charge in [-0.05, 0) is 37.6 Å². The van der Waals surface area contributed by atoms with E-state index in [1.807, 2.05) is 31.2 Å². The lowest BCUT2D eigenvalue weighted by Crippen LogP contribution is -2.10. The lowest BCUT2D eigenvalue weighted by molar-refractivity contribution is -0.120. The van der Waals surface area contributed by atoms with Gasteiger partial charge in [0.15, 0.2) is 0 Å². The van der Waals surface area contributed by atoms with Crippen LogP contribution in [0.2, 0.25) is 0 Å². The highest BCUT2D eigenvalue weighted by atomic mass is 79.9. The first kappa shape index (κ1) is 12.2. The van der Waals surface area contributed by atoms with Gasteiger partial charge in [0, 0.05) is 10.4 Å². The van der Waals surface area contributed by atoms with Crippen LogP contribution in [0, 0.1) is 5.92 Å². The summed E-state index contributed by atoms with van der Waals surface area (Å²) >= 11 is 3.36. The van der Waals surface area contributed by atoms with Crippen molar-refractivity contribution in [2.75, 3.05) is 6.61 Å². The highest BCUT2D eigenvalue weighted by Gasteiger charge is 2.06. The number of Topliss-reactive ketones (excluding diaryl/α,β-unsaturated/α-hetero) is 1. The normalized spacial score (nSPS) is 12.2. The molecule has 1 rings (SSSR count). The topological polar surface area (TPSA) is 26.3 Å². The predicted molar refractivity (Wildman–Crippen MR) is 64.1 cm³/mol. The van der Waals surface area contributed by atoms with E-state index in [1.165, 1.54) is 0 Å². The van der Waals surface area contributed by atoms with Crippen molar-refractivity contribution < 1.29 is 9.53 Å². The van der Waals surface area contributed by atoms with Crippen molar-refractivity contribution in [3.05, 3.63) is 28.7 Å². The fraction of sp³-hybridized carbons (Fsp3) is 0.417. The molecule has 2 nitrogen and oxygen atoms in total. The van der Waals surface area contributed by atoms with Crippen LogP contribution in [-0.2, 0) is 4.79 Å². The van der Waals surface area contributed by atoms with Crippen LogP contribution >= 0.6 is 15.9 Å². The molecule has 0 saturated carbocycles. The minimum absolute atomic E-state index is 0.0837. The molecule has 0 N–H and O–H groups in total. The molecule has 0 aliphatic heterocycles. The summed E-state index contributed by atoms with van der Waals surface area (Å²) in [5.41, 5.74) is 0. The molecule has 15 heavy (non-hydrogen) atoms. The smallest absolute Gasteiger partial charge is 0.132 e. The molecule has 0 spiro atoms. The van der Waals surface area contributed by atoms with Crippen molar-refractivity contribution in [3.8, 4) is 5.75 Å². The van der Waals surface area contributed by atoms with E-state index in [2.05, 4.69) is 15.9 Å². The van der Waals surface area contributed by atoms with Gasteiger partial charge in [-0.2, -0.15) is 0 Å². The van der Waals surface area contributed by atoms with E-state index < -0.39 is 0 Å². The number of ether oxygens (including phenoxy) is 1. The Morgan fingerprint density at radius 1 is 1.40 bits per heavy atom. The van der Waals surface area contributed by atoms with Crippen LogP contribution < -0.4 is 4.74 Å². The first-order valence-electron chi connectivity index (χ1n) is 4.98. The maximum absolute atomic E-state index is 11.0. The molecule has 0 fully saturated rings. The standard InChI is InChI=1S/C12H15BrO2/c1-9(10(2)14)7-8-15-12-5-3-11(13)4-6-12/h3-6,9H,7-8H2,1-2H3. The van der Waals surface area contributed by atoms with Gasteiger partial charge in [0.2, 0.25) is 0 Å². The molecule has 0 aliphatic carbocycles. The zero-order valence-electron chi connectivity index (χ0n) is 9.00. The van der Waals surface area contributed by atoms with Crippen LogP contribution in [0.3, 0.4) is 0 Å². The third kappa shape index (κ3) is 4.47. The first-order chi connectivity index (χ1) is 7.09. The maximum atomic E-state index is 11.0. The van der Waals surface area contributed by atoms with E-state index in [-0.39, 0.29) is 11.7 Å². The third-order valence-corrected chi connectivity index (χ3v) is 2.86. The molecule has 82 valence electrons. The van der Waals surface area contributed by atoms with Crippen molar-refractivity contribution >= 4 is 21.7 Å². The number of hydrogen-bond donors (Lipinski definition) is 0. The van der Waals surface area contributed by atoms with Gasteiger partial charge < -0.3 is 4.74 Å². The van der Waals surface area contributed by atoms with E-state index >= 15 is 0 Å². The second-order valence-corrected chi connectivity index (χ2v) is 4.52. The van der Waals surface area contributed by atoms with Gasteiger partial charge in [-0.1, -0.05) is 22.9 Å². The maximum Gasteiger partial charge on any atom is 0.132 e. The molecule has 0 aromatic heterocycles. The molecule has 0 saturated heterocycles. The molecule has 1 atom stereocenters. The summed E-state index contributed by atoms with van der Waals surface area (Å²) in [6.07, 6.45) is 0.769. The van der Waals surface area contributed by atoms with Crippen LogP contribution in [0.25, 0.3) is 0 Å². The molecule has 0 amide bonds. The van der Waals surface area contributed by atoms with Crippen molar-refractivity contribution in [3.63, 3.8) is 0 Å². The van der Waals surface area contributed by atoms with Gasteiger partial charge in [0.1, 0.15) is 11.5 Å². The Labute approximate surface area is 98.8 Å². The summed E-state index contributed by atoms with van der Waals surface area (Å²) in [6, 6.07) is 7.68. The van der Waals surface area contributed by atoms with Crippen LogP contribution in [0.15, 0.2) is 28.7 Å². The predicted octanol–water partition coefficient (Wildman–Crippen LogP) is 3.44. The molecule has 1 aromatic carbocycles. The Kier molecular flexibility index (Phi) is 4.82. The molecule has 1 aromatic rings. The Hall–Kier alpha value is -0.830. The Balaban J connectivity index is 2.32. The average Bonchev–Trinajstić information content (AvgIpc) is 2.20. The summed E-state index contributed by atoms with van der Waals surface area (Å²) in [7, 11) is 0. The number of hydrogen-bond acceptors (Lipinski definition) is 2. The second-order valence-electron chi connectivity index (χ2n) is 3.60. The van der Waals surface area contributed by atoms with Crippen molar-refractivity contribution in [1.82, 2.24) is 0 Å². The molecular formula is C12H15BrO2. The number of ketones is 1. The summed E-state index contributed by atoms with van der Waals surface area (Å²) in [5.74, 6) is 1.14. The van der Waals surface area contributed by atoms with Crippen molar-refractivity contribution in [2.24, 2.45) is 5.92 Å². The molecule has 0 bridgehead atoms. The minimum atomic E-state index is 0.0837. The first-order valence-corrected chi connectivity index (χ1v) is 5.77. The van der Waals surface area contributed by atoms with Crippen LogP contribution in [-0.4, -0.2) is 12.4 Å². The van der Waals surface area contributed by atoms with E-state index in [1.54, 1.807) is 6.92 Å². The largest absolute Gasteiger partial charge is 0.494 e. The highest BCUT2D eigenvalue weighted by molar-refractivity contribution is 9.10. The molecule has 0 radical (unpaired) electrons. The summed E-state index contributed by atoms with van der Waals surface area (Å²) in [6.45, 7) is 4.12. The van der Waals surface area contributed by atoms with E-state index in [4.69, 9.17) is 4.74 Å². The quantitative estimate of drug-likeness (QED) is 0.820. The van der Waals surface area contributed by atoms with Crippen LogP contribution in [0.4, 0.5) is 0 Å². The van der Waals surface area contributed by atoms with Crippen LogP contribution in [0.5, 0.6) is 5.75 Å². The molecule has 1 unspecified atom stereocenters. The Bertz CT molecular complexity index is 319. The van der Waals surface area contributed by atoms with E-state index in [0.29, 0.717) is 6.61 Å². The monoisotopic (exact) mass is 270 g/mol. The number of halogens is 1. The van der Waals surface area contributed by atoms with E-state index in [0.717, 1.165) is 16.6 Å². The number of rotatable bonds is 5. The average molecular weight is 271 g/mol. The van der Waals surface area contributed by atoms with Crippen LogP contribution in [0.1, 0.15) is 20.3 Å². The van der Waals surface area contributed by atoms with Gasteiger partial charge in [-0.25, -0.2) is 0 Å². The number of carbonyl (C=O) groups is 1. The highest BCUT2D eigenvalue weighted by Crippen LogP contribution is 2.16. The van der Waals surface area contributed by atoms with E-state index in [9.17, 15) is 4.79 Å². The number of benzene rings is 1. The lowest BCUT2D eigenvalue weighted by Gasteiger charge is -2.09. The van der Waals surface area contributed by atoms with Gasteiger partial charge in [0.05, 0.1) is 6.61 Å². The Morgan fingerprint density at radius 3 is 2.53 bits per heavy atom. The fourth-order valence-electron chi connectivity index (χ4n) is 1.09. The molecule has 3 heteroatoms. The number of carbonyl (C=O) groups excluding carboxylic acids is 1. The SMILES string of the molecule is CC(=O)C(C)CCOc1ccc(Br)cc1. The summed E-state index contributed by atoms with van der Waals surface area (Å²) in [5, 5.41) is 0. The second kappa shape index (κ2) is 5.91. The van der Waals surface area contributed by atoms with Gasteiger partial charge in [-0.3, -0.25) is 4.79 Å². The summed E-state index contributed by atoms with van der Waals surface area (Å²) in [4.78, 5) is 11.0. The van der Waals surface area contributed by atoms with Crippen molar-refractivity contribution in [1.29, 1.82) is 0 Å². The minimum Gasteiger partial charge on any atom is -0.494 e. The van der Waals surface area contributed by atoms with Gasteiger partial charge in [0.25, 0.3) is 0 Å². The zero-order valence-corrected chi connectivity index (χ0v) is 10.6. The summed E-state index contributed by atoms with van der Waals surface area (Å²) < 4.78 is 6.54. The fourth-order valence-corrected chi connectivity index (χ4v) is 1.35.